The fraction of sp³-hybridized carbons (Fsp3) is 0.125. The second-order valence-electron chi connectivity index (χ2n) is 4.93. The van der Waals surface area contributed by atoms with Crippen molar-refractivity contribution in [1.29, 1.82) is 5.26 Å². The van der Waals surface area contributed by atoms with E-state index in [1.807, 2.05) is 43.3 Å². The van der Waals surface area contributed by atoms with Gasteiger partial charge in [-0.2, -0.15) is 15.0 Å². The number of halogens is 1. The van der Waals surface area contributed by atoms with Crippen LogP contribution < -0.4 is 5.32 Å². The Hall–Kier alpha value is -2.91. The number of nitrogens with one attached hydrogen (secondary N) is 1. The summed E-state index contributed by atoms with van der Waals surface area (Å²) in [6, 6.07) is 11.6. The summed E-state index contributed by atoms with van der Waals surface area (Å²) in [7, 11) is 0. The fourth-order valence-corrected chi connectivity index (χ4v) is 2.40. The van der Waals surface area contributed by atoms with Gasteiger partial charge < -0.3 is 5.32 Å². The quantitative estimate of drug-likeness (QED) is 0.750. The molecule has 0 fully saturated rings. The van der Waals surface area contributed by atoms with E-state index in [1.54, 1.807) is 0 Å². The maximum absolute atomic E-state index is 11.6. The van der Waals surface area contributed by atoms with Gasteiger partial charge in [-0.05, 0) is 24.6 Å². The Morgan fingerprint density at radius 2 is 2.22 bits per heavy atom. The third kappa shape index (κ3) is 2.74. The first-order valence-corrected chi connectivity index (χ1v) is 7.38. The summed E-state index contributed by atoms with van der Waals surface area (Å²) in [6.45, 7) is 1.97. The van der Waals surface area contributed by atoms with Gasteiger partial charge in [-0.15, -0.1) is 11.6 Å². The highest BCUT2D eigenvalue weighted by Gasteiger charge is 2.16. The molecule has 0 aliphatic carbocycles. The molecule has 0 atom stereocenters. The molecule has 1 N–H and O–H groups in total. The minimum Gasteiger partial charge on any atom is -0.308 e. The number of aryl methyl sites for hydroxylation is 1. The van der Waals surface area contributed by atoms with Crippen LogP contribution in [-0.2, 0) is 4.79 Å². The van der Waals surface area contributed by atoms with Crippen LogP contribution in [0.25, 0.3) is 16.7 Å². The number of carbonyl (C=O) groups is 1. The topological polar surface area (TPSA) is 83.6 Å². The third-order valence-electron chi connectivity index (χ3n) is 3.40. The number of hydrogen-bond acceptors (Lipinski definition) is 4. The van der Waals surface area contributed by atoms with Gasteiger partial charge in [0.15, 0.2) is 11.6 Å². The van der Waals surface area contributed by atoms with Crippen LogP contribution in [0.5, 0.6) is 0 Å². The predicted molar refractivity (Wildman–Crippen MR) is 87.7 cm³/mol. The summed E-state index contributed by atoms with van der Waals surface area (Å²) in [6.07, 6.45) is 1.38. The Labute approximate surface area is 137 Å². The van der Waals surface area contributed by atoms with Gasteiger partial charge in [0.05, 0.1) is 11.7 Å². The van der Waals surface area contributed by atoms with Crippen LogP contribution in [0.15, 0.2) is 36.5 Å². The van der Waals surface area contributed by atoms with E-state index in [1.165, 1.54) is 10.9 Å². The summed E-state index contributed by atoms with van der Waals surface area (Å²) in [4.78, 5) is 16.2. The van der Waals surface area contributed by atoms with E-state index in [2.05, 4.69) is 15.4 Å². The van der Waals surface area contributed by atoms with Gasteiger partial charge in [0.25, 0.3) is 0 Å². The predicted octanol–water partition coefficient (Wildman–Crippen LogP) is 2.78. The molecular weight excluding hydrogens is 314 g/mol. The van der Waals surface area contributed by atoms with Crippen molar-refractivity contribution in [1.82, 2.24) is 14.8 Å². The number of carbonyl (C=O) groups excluding carboxylic acids is 1. The minimum absolute atomic E-state index is 0.208. The van der Waals surface area contributed by atoms with Crippen LogP contribution in [0.1, 0.15) is 11.1 Å². The Morgan fingerprint density at radius 1 is 1.43 bits per heavy atom. The first-order chi connectivity index (χ1) is 11.1. The molecule has 0 aliphatic heterocycles. The van der Waals surface area contributed by atoms with Gasteiger partial charge in [-0.3, -0.25) is 4.79 Å². The highest BCUT2D eigenvalue weighted by molar-refractivity contribution is 6.29. The molecule has 1 aromatic carbocycles. The zero-order valence-electron chi connectivity index (χ0n) is 12.2. The maximum Gasteiger partial charge on any atom is 0.240 e. The Bertz CT molecular complexity index is 941. The third-order valence-corrected chi connectivity index (χ3v) is 3.64. The highest BCUT2D eigenvalue weighted by Crippen LogP contribution is 2.23. The van der Waals surface area contributed by atoms with Crippen LogP contribution in [-0.4, -0.2) is 26.6 Å². The number of amides is 1. The molecule has 1 amide bonds. The van der Waals surface area contributed by atoms with Gasteiger partial charge in [0, 0.05) is 5.39 Å². The maximum atomic E-state index is 11.6. The number of benzene rings is 1. The first kappa shape index (κ1) is 15.0. The number of nitrogens with zero attached hydrogens (tertiary/aromatic N) is 4. The van der Waals surface area contributed by atoms with E-state index in [9.17, 15) is 10.1 Å². The molecule has 114 valence electrons. The molecule has 0 spiro atoms. The molecule has 7 heteroatoms. The molecule has 23 heavy (non-hydrogen) atoms. The number of pyridine rings is 1. The number of para-hydroxylation sites is 1. The van der Waals surface area contributed by atoms with Crippen molar-refractivity contribution in [2.24, 2.45) is 0 Å². The molecule has 0 saturated heterocycles. The second kappa shape index (κ2) is 6.07. The number of rotatable bonds is 3. The smallest absolute Gasteiger partial charge is 0.240 e. The Morgan fingerprint density at radius 3 is 2.96 bits per heavy atom. The first-order valence-electron chi connectivity index (χ1n) is 6.84. The number of hydrogen-bond donors (Lipinski definition) is 1. The van der Waals surface area contributed by atoms with E-state index in [0.29, 0.717) is 5.82 Å². The fourth-order valence-electron chi connectivity index (χ4n) is 2.33. The molecule has 0 saturated carbocycles. The lowest BCUT2D eigenvalue weighted by atomic mass is 10.1. The average Bonchev–Trinajstić information content (AvgIpc) is 2.97. The van der Waals surface area contributed by atoms with E-state index in [-0.39, 0.29) is 17.3 Å². The van der Waals surface area contributed by atoms with Crippen molar-refractivity contribution in [3.63, 3.8) is 0 Å². The number of anilines is 1. The van der Waals surface area contributed by atoms with Gasteiger partial charge in [0.2, 0.25) is 5.91 Å². The van der Waals surface area contributed by atoms with Crippen molar-refractivity contribution in [2.45, 2.75) is 6.92 Å². The van der Waals surface area contributed by atoms with Crippen molar-refractivity contribution in [2.75, 3.05) is 11.2 Å². The van der Waals surface area contributed by atoms with Crippen molar-refractivity contribution >= 4 is 34.2 Å². The molecule has 2 aromatic heterocycles. The Balaban J connectivity index is 2.17. The molecule has 3 aromatic rings. The van der Waals surface area contributed by atoms with Crippen LogP contribution >= 0.6 is 11.6 Å². The monoisotopic (exact) mass is 325 g/mol. The van der Waals surface area contributed by atoms with Crippen molar-refractivity contribution < 1.29 is 4.79 Å². The van der Waals surface area contributed by atoms with Crippen molar-refractivity contribution in [3.05, 3.63) is 47.7 Å². The van der Waals surface area contributed by atoms with Crippen molar-refractivity contribution in [3.8, 4) is 11.9 Å². The average molecular weight is 326 g/mol. The molecule has 0 radical (unpaired) electrons. The van der Waals surface area contributed by atoms with Crippen LogP contribution in [0.4, 0.5) is 5.82 Å². The SMILES string of the molecule is Cc1cc(-n2ncc(C#N)c2NC(=O)CCl)nc2ccccc12. The number of aromatic nitrogens is 3. The Kier molecular flexibility index (Phi) is 3.96. The summed E-state index contributed by atoms with van der Waals surface area (Å²) >= 11 is 5.53. The minimum atomic E-state index is -0.414. The largest absolute Gasteiger partial charge is 0.308 e. The summed E-state index contributed by atoms with van der Waals surface area (Å²) < 4.78 is 1.43. The highest BCUT2D eigenvalue weighted by atomic mass is 35.5. The van der Waals surface area contributed by atoms with E-state index in [0.717, 1.165) is 16.5 Å². The number of fused-ring (bicyclic) bond motifs is 1. The lowest BCUT2D eigenvalue weighted by Crippen LogP contribution is -2.17. The van der Waals surface area contributed by atoms with Crippen LogP contribution in [0.3, 0.4) is 0 Å². The molecular formula is C16H12ClN5O. The van der Waals surface area contributed by atoms with E-state index < -0.39 is 5.91 Å². The van der Waals surface area contributed by atoms with Gasteiger partial charge in [-0.25, -0.2) is 4.98 Å². The van der Waals surface area contributed by atoms with Crippen LogP contribution in [0, 0.1) is 18.3 Å². The number of alkyl halides is 1. The summed E-state index contributed by atoms with van der Waals surface area (Å²) in [5.41, 5.74) is 2.08. The summed E-state index contributed by atoms with van der Waals surface area (Å²) in [5, 5.41) is 17.0. The molecule has 0 bridgehead atoms. The molecule has 0 unspecified atom stereocenters. The van der Waals surface area contributed by atoms with E-state index >= 15 is 0 Å². The molecule has 6 nitrogen and oxygen atoms in total. The zero-order chi connectivity index (χ0) is 16.4. The van der Waals surface area contributed by atoms with Gasteiger partial charge in [0.1, 0.15) is 17.5 Å². The second-order valence-corrected chi connectivity index (χ2v) is 5.19. The van der Waals surface area contributed by atoms with Crippen LogP contribution in [0.2, 0.25) is 0 Å². The molecule has 2 heterocycles. The lowest BCUT2D eigenvalue weighted by Gasteiger charge is -2.10. The lowest BCUT2D eigenvalue weighted by molar-refractivity contribution is -0.114. The molecule has 3 rings (SSSR count). The standard InChI is InChI=1S/C16H12ClN5O/c1-10-6-14(20-13-5-3-2-4-12(10)13)22-16(21-15(23)7-17)11(8-18)9-19-22/h2-6,9H,7H2,1H3,(H,21,23). The van der Waals surface area contributed by atoms with Gasteiger partial charge in [-0.1, -0.05) is 18.2 Å². The summed E-state index contributed by atoms with van der Waals surface area (Å²) in [5.74, 6) is 0.163. The molecule has 0 aliphatic rings. The van der Waals surface area contributed by atoms with E-state index in [4.69, 9.17) is 11.6 Å². The number of nitriles is 1. The normalized spacial score (nSPS) is 10.5. The zero-order valence-corrected chi connectivity index (χ0v) is 13.0. The van der Waals surface area contributed by atoms with Gasteiger partial charge >= 0.3 is 0 Å².